The highest BCUT2D eigenvalue weighted by Gasteiger charge is 2.22. The second kappa shape index (κ2) is 6.69. The highest BCUT2D eigenvalue weighted by Crippen LogP contribution is 2.07. The molecule has 8 nitrogen and oxygen atoms in total. The van der Waals surface area contributed by atoms with Crippen molar-refractivity contribution in [3.05, 3.63) is 16.1 Å². The first kappa shape index (κ1) is 14.9. The number of carboxylic acid groups (broad SMARTS) is 2. The number of rotatable bonds is 6. The van der Waals surface area contributed by atoms with Crippen molar-refractivity contribution in [2.45, 2.75) is 25.9 Å². The normalized spacial score (nSPS) is 11.6. The van der Waals surface area contributed by atoms with Gasteiger partial charge in [-0.05, 0) is 6.92 Å². The van der Waals surface area contributed by atoms with Crippen molar-refractivity contribution < 1.29 is 24.6 Å². The number of thiazole rings is 1. The third kappa shape index (κ3) is 5.34. The van der Waals surface area contributed by atoms with E-state index in [1.54, 1.807) is 5.38 Å². The van der Waals surface area contributed by atoms with Crippen LogP contribution in [0, 0.1) is 6.92 Å². The van der Waals surface area contributed by atoms with Gasteiger partial charge in [0.05, 0.1) is 23.7 Å². The average molecular weight is 287 g/mol. The molecule has 9 heteroatoms. The van der Waals surface area contributed by atoms with Gasteiger partial charge in [-0.3, -0.25) is 4.79 Å². The maximum Gasteiger partial charge on any atom is 0.326 e. The molecule has 1 aromatic heterocycles. The Balaban J connectivity index is 2.44. The van der Waals surface area contributed by atoms with E-state index in [2.05, 4.69) is 15.6 Å². The molecular weight excluding hydrogens is 274 g/mol. The molecule has 0 fully saturated rings. The van der Waals surface area contributed by atoms with Gasteiger partial charge in [0, 0.05) is 5.38 Å². The minimum atomic E-state index is -1.46. The van der Waals surface area contributed by atoms with Gasteiger partial charge < -0.3 is 20.8 Å². The molecule has 0 saturated carbocycles. The van der Waals surface area contributed by atoms with E-state index in [0.29, 0.717) is 5.69 Å². The lowest BCUT2D eigenvalue weighted by Crippen LogP contribution is -2.46. The van der Waals surface area contributed by atoms with Crippen molar-refractivity contribution in [3.8, 4) is 0 Å². The molecular formula is C10H13N3O5S. The van der Waals surface area contributed by atoms with E-state index in [1.165, 1.54) is 11.3 Å². The van der Waals surface area contributed by atoms with Gasteiger partial charge in [0.2, 0.25) is 0 Å². The fourth-order valence-corrected chi connectivity index (χ4v) is 1.86. The van der Waals surface area contributed by atoms with E-state index in [-0.39, 0.29) is 6.54 Å². The summed E-state index contributed by atoms with van der Waals surface area (Å²) in [7, 11) is 0. The molecule has 0 spiro atoms. The Hall–Kier alpha value is -2.16. The number of aliphatic carboxylic acids is 2. The van der Waals surface area contributed by atoms with Crippen LogP contribution in [0.3, 0.4) is 0 Å². The molecule has 2 amide bonds. The Kier molecular flexibility index (Phi) is 5.24. The molecule has 0 saturated heterocycles. The molecule has 0 aliphatic rings. The zero-order chi connectivity index (χ0) is 14.4. The van der Waals surface area contributed by atoms with Crippen LogP contribution in [-0.4, -0.2) is 39.2 Å². The summed E-state index contributed by atoms with van der Waals surface area (Å²) in [5, 5.41) is 24.4. The number of carbonyl (C=O) groups excluding carboxylic acids is 1. The number of aromatic nitrogens is 1. The predicted molar refractivity (Wildman–Crippen MR) is 65.9 cm³/mol. The number of nitrogens with one attached hydrogen (secondary N) is 2. The standard InChI is InChI=1S/C10H13N3O5S/c1-5-12-6(4-19-5)3-11-10(18)13-7(9(16)17)2-8(14)15/h4,7H,2-3H2,1H3,(H,14,15)(H,16,17)(H2,11,13,18)/t7-/m1/s1. The Morgan fingerprint density at radius 1 is 1.42 bits per heavy atom. The summed E-state index contributed by atoms with van der Waals surface area (Å²) >= 11 is 1.43. The van der Waals surface area contributed by atoms with Crippen molar-refractivity contribution in [2.75, 3.05) is 0 Å². The fourth-order valence-electron chi connectivity index (χ4n) is 1.24. The van der Waals surface area contributed by atoms with E-state index in [1.807, 2.05) is 6.92 Å². The molecule has 1 heterocycles. The Morgan fingerprint density at radius 3 is 2.58 bits per heavy atom. The van der Waals surface area contributed by atoms with Crippen LogP contribution in [0.15, 0.2) is 5.38 Å². The van der Waals surface area contributed by atoms with Crippen LogP contribution < -0.4 is 10.6 Å². The molecule has 0 aromatic carbocycles. The first-order chi connectivity index (χ1) is 8.88. The maximum absolute atomic E-state index is 11.4. The highest BCUT2D eigenvalue weighted by atomic mass is 32.1. The molecule has 104 valence electrons. The van der Waals surface area contributed by atoms with Crippen LogP contribution in [0.1, 0.15) is 17.1 Å². The number of hydrogen-bond acceptors (Lipinski definition) is 5. The Bertz CT molecular complexity index is 487. The van der Waals surface area contributed by atoms with E-state index in [9.17, 15) is 14.4 Å². The number of aryl methyl sites for hydroxylation is 1. The smallest absolute Gasteiger partial charge is 0.326 e. The molecule has 4 N–H and O–H groups in total. The third-order valence-corrected chi connectivity index (χ3v) is 2.90. The first-order valence-corrected chi connectivity index (χ1v) is 6.16. The number of carbonyl (C=O) groups is 3. The van der Waals surface area contributed by atoms with E-state index >= 15 is 0 Å². The molecule has 1 aromatic rings. The molecule has 19 heavy (non-hydrogen) atoms. The van der Waals surface area contributed by atoms with Gasteiger partial charge in [-0.2, -0.15) is 0 Å². The van der Waals surface area contributed by atoms with Crippen LogP contribution in [0.5, 0.6) is 0 Å². The summed E-state index contributed by atoms with van der Waals surface area (Å²) in [5.74, 6) is -2.70. The third-order valence-electron chi connectivity index (χ3n) is 2.08. The van der Waals surface area contributed by atoms with Gasteiger partial charge in [-0.15, -0.1) is 11.3 Å². The van der Waals surface area contributed by atoms with E-state index < -0.39 is 30.4 Å². The summed E-state index contributed by atoms with van der Waals surface area (Å²) < 4.78 is 0. The lowest BCUT2D eigenvalue weighted by molar-refractivity contribution is -0.145. The maximum atomic E-state index is 11.4. The van der Waals surface area contributed by atoms with Crippen LogP contribution in [-0.2, 0) is 16.1 Å². The molecule has 0 bridgehead atoms. The molecule has 0 unspecified atom stereocenters. The quantitative estimate of drug-likeness (QED) is 0.590. The van der Waals surface area contributed by atoms with Crippen LogP contribution in [0.4, 0.5) is 4.79 Å². The number of nitrogens with zero attached hydrogens (tertiary/aromatic N) is 1. The summed E-state index contributed by atoms with van der Waals surface area (Å²) in [4.78, 5) is 36.7. The second-order valence-corrected chi connectivity index (χ2v) is 4.74. The van der Waals surface area contributed by atoms with Crippen LogP contribution in [0.2, 0.25) is 0 Å². The van der Waals surface area contributed by atoms with Crippen LogP contribution >= 0.6 is 11.3 Å². The van der Waals surface area contributed by atoms with Gasteiger partial charge >= 0.3 is 18.0 Å². The van der Waals surface area contributed by atoms with Crippen molar-refractivity contribution in [1.82, 2.24) is 15.6 Å². The largest absolute Gasteiger partial charge is 0.481 e. The van der Waals surface area contributed by atoms with Gasteiger partial charge in [-0.25, -0.2) is 14.6 Å². The molecule has 0 radical (unpaired) electrons. The fraction of sp³-hybridized carbons (Fsp3) is 0.400. The van der Waals surface area contributed by atoms with Crippen molar-refractivity contribution >= 4 is 29.3 Å². The lowest BCUT2D eigenvalue weighted by Gasteiger charge is -2.12. The average Bonchev–Trinajstić information content (AvgIpc) is 2.71. The summed E-state index contributed by atoms with van der Waals surface area (Å²) in [6, 6.07) is -2.21. The highest BCUT2D eigenvalue weighted by molar-refractivity contribution is 7.09. The number of carboxylic acids is 2. The minimum Gasteiger partial charge on any atom is -0.481 e. The Morgan fingerprint density at radius 2 is 2.11 bits per heavy atom. The minimum absolute atomic E-state index is 0.148. The van der Waals surface area contributed by atoms with Gasteiger partial charge in [0.1, 0.15) is 6.04 Å². The van der Waals surface area contributed by atoms with Crippen molar-refractivity contribution in [1.29, 1.82) is 0 Å². The number of amides is 2. The molecule has 1 atom stereocenters. The summed E-state index contributed by atoms with van der Waals surface area (Å²) in [5.41, 5.74) is 0.655. The van der Waals surface area contributed by atoms with Gasteiger partial charge in [0.15, 0.2) is 0 Å². The van der Waals surface area contributed by atoms with Gasteiger partial charge in [-0.1, -0.05) is 0 Å². The van der Waals surface area contributed by atoms with Crippen molar-refractivity contribution in [3.63, 3.8) is 0 Å². The van der Waals surface area contributed by atoms with Crippen molar-refractivity contribution in [2.24, 2.45) is 0 Å². The predicted octanol–water partition coefficient (Wildman–Crippen LogP) is 0.179. The summed E-state index contributed by atoms with van der Waals surface area (Å²) in [6.07, 6.45) is -0.682. The zero-order valence-electron chi connectivity index (χ0n) is 10.0. The van der Waals surface area contributed by atoms with Gasteiger partial charge in [0.25, 0.3) is 0 Å². The molecule has 0 aliphatic carbocycles. The lowest BCUT2D eigenvalue weighted by atomic mass is 10.2. The summed E-state index contributed by atoms with van der Waals surface area (Å²) in [6.45, 7) is 1.97. The van der Waals surface area contributed by atoms with E-state index in [4.69, 9.17) is 10.2 Å². The Labute approximate surface area is 112 Å². The number of hydrogen-bond donors (Lipinski definition) is 4. The van der Waals surface area contributed by atoms with Crippen LogP contribution in [0.25, 0.3) is 0 Å². The molecule has 1 rings (SSSR count). The topological polar surface area (TPSA) is 129 Å². The monoisotopic (exact) mass is 287 g/mol. The second-order valence-electron chi connectivity index (χ2n) is 3.67. The first-order valence-electron chi connectivity index (χ1n) is 5.28. The molecule has 0 aliphatic heterocycles. The van der Waals surface area contributed by atoms with E-state index in [0.717, 1.165) is 5.01 Å². The zero-order valence-corrected chi connectivity index (χ0v) is 10.9. The number of urea groups is 1. The SMILES string of the molecule is Cc1nc(CNC(=O)N[C@H](CC(=O)O)C(=O)O)cs1.